The predicted octanol–water partition coefficient (Wildman–Crippen LogP) is 12.6. The molecule has 0 spiro atoms. The Balaban J connectivity index is 4.10. The van der Waals surface area contributed by atoms with E-state index < -0.39 is 26.5 Å². The Morgan fingerprint density at radius 2 is 0.818 bits per heavy atom. The largest absolute Gasteiger partial charge is 0.756 e. The van der Waals surface area contributed by atoms with E-state index >= 15 is 0 Å². The van der Waals surface area contributed by atoms with Crippen LogP contribution in [0.1, 0.15) is 226 Å². The van der Waals surface area contributed by atoms with Crippen LogP contribution in [0, 0.1) is 0 Å². The van der Waals surface area contributed by atoms with Crippen LogP contribution in [-0.4, -0.2) is 70.0 Å². The van der Waals surface area contributed by atoms with Crippen LogP contribution in [0.15, 0.2) is 0 Å². The maximum Gasteiger partial charge on any atom is 0.306 e. The van der Waals surface area contributed by atoms with Crippen molar-refractivity contribution in [3.63, 3.8) is 0 Å². The lowest BCUT2D eigenvalue weighted by atomic mass is 10.0. The molecule has 0 aliphatic heterocycles. The lowest BCUT2D eigenvalue weighted by molar-refractivity contribution is -0.870. The molecule has 0 N–H and O–H groups in total. The number of nitrogens with zero attached hydrogens (tertiary/aromatic N) is 1. The van der Waals surface area contributed by atoms with Crippen LogP contribution in [0.5, 0.6) is 0 Å². The van der Waals surface area contributed by atoms with Gasteiger partial charge in [-0.15, -0.1) is 0 Å². The summed E-state index contributed by atoms with van der Waals surface area (Å²) in [6.07, 6.45) is 38.7. The maximum atomic E-state index is 12.7. The number of ether oxygens (including phenoxy) is 2. The number of carbonyl (C=O) groups excluding carboxylic acids is 2. The molecule has 9 nitrogen and oxygen atoms in total. The molecule has 10 heteroatoms. The first-order chi connectivity index (χ1) is 26.5. The van der Waals surface area contributed by atoms with Gasteiger partial charge in [-0.1, -0.05) is 200 Å². The number of carbonyl (C=O) groups is 2. The van der Waals surface area contributed by atoms with Gasteiger partial charge in [-0.2, -0.15) is 0 Å². The Bertz CT molecular complexity index is 912. The van der Waals surface area contributed by atoms with E-state index in [1.807, 2.05) is 21.1 Å². The summed E-state index contributed by atoms with van der Waals surface area (Å²) < 4.78 is 33.8. The van der Waals surface area contributed by atoms with E-state index in [0.717, 1.165) is 32.1 Å². The Morgan fingerprint density at radius 3 is 1.16 bits per heavy atom. The fourth-order valence-corrected chi connectivity index (χ4v) is 7.44. The lowest BCUT2D eigenvalue weighted by Crippen LogP contribution is -2.37. The second-order valence-corrected chi connectivity index (χ2v) is 18.5. The van der Waals surface area contributed by atoms with Gasteiger partial charge in [0.25, 0.3) is 7.82 Å². The summed E-state index contributed by atoms with van der Waals surface area (Å²) in [7, 11) is 1.18. The van der Waals surface area contributed by atoms with E-state index in [9.17, 15) is 19.0 Å². The second kappa shape index (κ2) is 38.5. The monoisotopic (exact) mass is 804 g/mol. The molecule has 0 aromatic carbocycles. The molecule has 0 fully saturated rings. The van der Waals surface area contributed by atoms with Gasteiger partial charge in [0.05, 0.1) is 27.7 Å². The Morgan fingerprint density at radius 1 is 0.491 bits per heavy atom. The molecule has 328 valence electrons. The summed E-state index contributed by atoms with van der Waals surface area (Å²) in [5.41, 5.74) is 0. The highest BCUT2D eigenvalue weighted by molar-refractivity contribution is 7.45. The van der Waals surface area contributed by atoms with E-state index in [1.165, 1.54) is 161 Å². The smallest absolute Gasteiger partial charge is 0.306 e. The van der Waals surface area contributed by atoms with Crippen LogP contribution in [0.25, 0.3) is 0 Å². The van der Waals surface area contributed by atoms with E-state index in [4.69, 9.17) is 18.5 Å². The van der Waals surface area contributed by atoms with Gasteiger partial charge >= 0.3 is 11.9 Å². The van der Waals surface area contributed by atoms with Crippen LogP contribution in [0.3, 0.4) is 0 Å². The zero-order valence-corrected chi connectivity index (χ0v) is 37.8. The van der Waals surface area contributed by atoms with E-state index in [1.54, 1.807) is 0 Å². The number of quaternary nitrogens is 1. The van der Waals surface area contributed by atoms with E-state index in [2.05, 4.69) is 13.8 Å². The van der Waals surface area contributed by atoms with Gasteiger partial charge in [0.2, 0.25) is 0 Å². The van der Waals surface area contributed by atoms with Gasteiger partial charge in [0, 0.05) is 12.8 Å². The molecule has 0 bridgehead atoms. The lowest BCUT2D eigenvalue weighted by Gasteiger charge is -2.28. The molecule has 1 unspecified atom stereocenters. The third-order valence-corrected chi connectivity index (χ3v) is 11.3. The van der Waals surface area contributed by atoms with Crippen LogP contribution >= 0.6 is 7.82 Å². The van der Waals surface area contributed by atoms with Crippen molar-refractivity contribution in [3.05, 3.63) is 0 Å². The molecular formula is C45H90NO8P. The molecule has 0 aliphatic rings. The van der Waals surface area contributed by atoms with E-state index in [0.29, 0.717) is 17.4 Å². The molecule has 0 aliphatic carbocycles. The number of likely N-dealkylation sites (N-methyl/N-ethyl adjacent to an activating group) is 1. The van der Waals surface area contributed by atoms with Crippen LogP contribution in [0.2, 0.25) is 0 Å². The quantitative estimate of drug-likeness (QED) is 0.0259. The van der Waals surface area contributed by atoms with Crippen molar-refractivity contribution in [1.29, 1.82) is 0 Å². The van der Waals surface area contributed by atoms with Crippen molar-refractivity contribution in [2.45, 2.75) is 232 Å². The molecule has 55 heavy (non-hydrogen) atoms. The fourth-order valence-electron chi connectivity index (χ4n) is 6.72. The standard InChI is InChI=1S/C45H90NO8P/c1-6-8-10-12-14-16-17-18-19-20-21-22-23-24-25-26-27-28-29-30-32-34-36-38-45(48)54-43(42-53-55(49,50)52-40-39-46(3,4)5)41-51-44(47)37-35-33-31-15-13-11-9-7-2/h43H,6-42H2,1-5H3/t43-/m1/s1. The third kappa shape index (κ3) is 42.4. The first-order valence-electron chi connectivity index (χ1n) is 23.2. The summed E-state index contributed by atoms with van der Waals surface area (Å²) in [4.78, 5) is 37.4. The summed E-state index contributed by atoms with van der Waals surface area (Å²) in [6.45, 7) is 4.23. The molecule has 0 rings (SSSR count). The highest BCUT2D eigenvalue weighted by Crippen LogP contribution is 2.38. The maximum absolute atomic E-state index is 12.7. The average molecular weight is 804 g/mol. The molecule has 0 saturated heterocycles. The number of phosphoric ester groups is 1. The number of hydrogen-bond donors (Lipinski definition) is 0. The first kappa shape index (κ1) is 54.0. The third-order valence-electron chi connectivity index (χ3n) is 10.4. The molecule has 0 aromatic rings. The highest BCUT2D eigenvalue weighted by atomic mass is 31.2. The van der Waals surface area contributed by atoms with Gasteiger partial charge in [-0.25, -0.2) is 0 Å². The van der Waals surface area contributed by atoms with Crippen molar-refractivity contribution < 1.29 is 42.1 Å². The Labute approximate surface area is 340 Å². The minimum atomic E-state index is -4.61. The minimum Gasteiger partial charge on any atom is -0.756 e. The first-order valence-corrected chi connectivity index (χ1v) is 24.7. The van der Waals surface area contributed by atoms with Gasteiger partial charge in [-0.05, 0) is 12.8 Å². The number of phosphoric acid groups is 1. The minimum absolute atomic E-state index is 0.0259. The molecule has 2 atom stereocenters. The van der Waals surface area contributed by atoms with Gasteiger partial charge in [-0.3, -0.25) is 14.2 Å². The van der Waals surface area contributed by atoms with Gasteiger partial charge < -0.3 is 27.9 Å². The van der Waals surface area contributed by atoms with Crippen LogP contribution in [-0.2, 0) is 32.7 Å². The normalized spacial score (nSPS) is 13.5. The van der Waals surface area contributed by atoms with Crippen molar-refractivity contribution in [1.82, 2.24) is 0 Å². The Kier molecular flexibility index (Phi) is 37.8. The van der Waals surface area contributed by atoms with Crippen molar-refractivity contribution in [3.8, 4) is 0 Å². The topological polar surface area (TPSA) is 111 Å². The fraction of sp³-hybridized carbons (Fsp3) is 0.956. The number of unbranched alkanes of at least 4 members (excludes halogenated alkanes) is 29. The SMILES string of the molecule is CCCCCCCCCCCCCCCCCCCCCCCCCC(=O)O[C@H](COC(=O)CCCCCCCCCC)COP(=O)([O-])OCC[N+](C)(C)C. The molecule has 0 saturated carbocycles. The number of hydrogen-bond acceptors (Lipinski definition) is 8. The van der Waals surface area contributed by atoms with E-state index in [-0.39, 0.29) is 32.0 Å². The summed E-state index contributed by atoms with van der Waals surface area (Å²) in [6, 6.07) is 0. The molecule has 0 heterocycles. The van der Waals surface area contributed by atoms with Crippen LogP contribution < -0.4 is 4.89 Å². The van der Waals surface area contributed by atoms with Crippen molar-refractivity contribution >= 4 is 19.8 Å². The predicted molar refractivity (Wildman–Crippen MR) is 227 cm³/mol. The number of rotatable bonds is 43. The zero-order chi connectivity index (χ0) is 40.7. The van der Waals surface area contributed by atoms with Gasteiger partial charge in [0.1, 0.15) is 19.8 Å². The molecule has 0 amide bonds. The molecule has 0 radical (unpaired) electrons. The van der Waals surface area contributed by atoms with Crippen molar-refractivity contribution in [2.75, 3.05) is 47.5 Å². The van der Waals surface area contributed by atoms with Crippen molar-refractivity contribution in [2.24, 2.45) is 0 Å². The molecule has 0 aromatic heterocycles. The summed E-state index contributed by atoms with van der Waals surface area (Å²) in [5, 5.41) is 0. The Hall–Kier alpha value is -0.990. The summed E-state index contributed by atoms with van der Waals surface area (Å²) >= 11 is 0. The van der Waals surface area contributed by atoms with Gasteiger partial charge in [0.15, 0.2) is 6.10 Å². The highest BCUT2D eigenvalue weighted by Gasteiger charge is 2.21. The van der Waals surface area contributed by atoms with Crippen LogP contribution in [0.4, 0.5) is 0 Å². The average Bonchev–Trinajstić information content (AvgIpc) is 3.13. The zero-order valence-electron chi connectivity index (χ0n) is 36.9. The molecular weight excluding hydrogens is 713 g/mol. The second-order valence-electron chi connectivity index (χ2n) is 17.1. The summed E-state index contributed by atoms with van der Waals surface area (Å²) in [5.74, 6) is -0.825. The number of esters is 2.